The average Bonchev–Trinajstić information content (AvgIpc) is 2.49. The van der Waals surface area contributed by atoms with Crippen LogP contribution >= 0.6 is 11.6 Å². The van der Waals surface area contributed by atoms with E-state index in [1.807, 2.05) is 12.1 Å². The Bertz CT molecular complexity index is 766. The molecule has 0 radical (unpaired) electrons. The number of rotatable bonds is 2. The predicted octanol–water partition coefficient (Wildman–Crippen LogP) is 3.54. The average molecular weight is 284 g/mol. The minimum absolute atomic E-state index is 0.224. The Morgan fingerprint density at radius 1 is 1.05 bits per heavy atom. The molecule has 20 heavy (non-hydrogen) atoms. The number of nitrogens with one attached hydrogen (secondary N) is 1. The van der Waals surface area contributed by atoms with Gasteiger partial charge in [0.25, 0.3) is 5.91 Å². The second kappa shape index (κ2) is 5.27. The lowest BCUT2D eigenvalue weighted by Gasteiger charge is -2.07. The topological polar surface area (TPSA) is 54.9 Å². The van der Waals surface area contributed by atoms with Gasteiger partial charge in [-0.15, -0.1) is 0 Å². The van der Waals surface area contributed by atoms with Crippen molar-refractivity contribution in [3.05, 3.63) is 65.4 Å². The molecule has 3 aromatic rings. The Morgan fingerprint density at radius 3 is 2.75 bits per heavy atom. The minimum atomic E-state index is -0.224. The third-order valence-electron chi connectivity index (χ3n) is 2.86. The largest absolute Gasteiger partial charge is 0.307 e. The van der Waals surface area contributed by atoms with Crippen LogP contribution in [-0.2, 0) is 0 Å². The van der Waals surface area contributed by atoms with E-state index in [4.69, 9.17) is 11.6 Å². The zero-order valence-corrected chi connectivity index (χ0v) is 11.1. The molecule has 0 atom stereocenters. The van der Waals surface area contributed by atoms with Gasteiger partial charge in [0.2, 0.25) is 0 Å². The number of aromatic nitrogens is 2. The molecule has 2 aromatic heterocycles. The van der Waals surface area contributed by atoms with Crippen LogP contribution in [0.25, 0.3) is 10.9 Å². The van der Waals surface area contributed by atoms with Crippen LogP contribution < -0.4 is 5.32 Å². The third-order valence-corrected chi connectivity index (χ3v) is 3.08. The number of carbonyl (C=O) groups is 1. The van der Waals surface area contributed by atoms with E-state index in [9.17, 15) is 4.79 Å². The van der Waals surface area contributed by atoms with Crippen molar-refractivity contribution in [2.75, 3.05) is 5.32 Å². The lowest BCUT2D eigenvalue weighted by atomic mass is 10.1. The highest BCUT2D eigenvalue weighted by molar-refractivity contribution is 6.30. The second-order valence-corrected chi connectivity index (χ2v) is 4.63. The van der Waals surface area contributed by atoms with Crippen molar-refractivity contribution in [3.63, 3.8) is 0 Å². The molecule has 2 heterocycles. The summed E-state index contributed by atoms with van der Waals surface area (Å²) >= 11 is 5.76. The van der Waals surface area contributed by atoms with Gasteiger partial charge in [0, 0.05) is 23.3 Å². The molecule has 0 saturated heterocycles. The van der Waals surface area contributed by atoms with Gasteiger partial charge in [-0.25, -0.2) is 4.98 Å². The number of pyridine rings is 2. The smallest absolute Gasteiger partial charge is 0.257 e. The maximum absolute atomic E-state index is 12.3. The summed E-state index contributed by atoms with van der Waals surface area (Å²) in [5.41, 5.74) is 1.34. The molecule has 5 heteroatoms. The zero-order valence-electron chi connectivity index (χ0n) is 10.4. The van der Waals surface area contributed by atoms with Crippen LogP contribution in [0.2, 0.25) is 5.02 Å². The van der Waals surface area contributed by atoms with E-state index < -0.39 is 0 Å². The van der Waals surface area contributed by atoms with Crippen molar-refractivity contribution in [2.45, 2.75) is 0 Å². The van der Waals surface area contributed by atoms with Crippen molar-refractivity contribution in [2.24, 2.45) is 0 Å². The van der Waals surface area contributed by atoms with Crippen molar-refractivity contribution in [3.8, 4) is 0 Å². The first-order chi connectivity index (χ1) is 9.74. The fourth-order valence-corrected chi connectivity index (χ4v) is 2.05. The third kappa shape index (κ3) is 2.46. The first-order valence-corrected chi connectivity index (χ1v) is 6.38. The van der Waals surface area contributed by atoms with Crippen LogP contribution in [0.3, 0.4) is 0 Å². The molecule has 4 nitrogen and oxygen atoms in total. The summed E-state index contributed by atoms with van der Waals surface area (Å²) in [6.07, 6.45) is 3.19. The van der Waals surface area contributed by atoms with Crippen LogP contribution in [0.1, 0.15) is 10.4 Å². The lowest BCUT2D eigenvalue weighted by molar-refractivity contribution is 0.102. The molecule has 3 rings (SSSR count). The number of hydrogen-bond donors (Lipinski definition) is 1. The number of anilines is 1. The highest BCUT2D eigenvalue weighted by Gasteiger charge is 2.10. The monoisotopic (exact) mass is 283 g/mol. The molecule has 0 aliphatic carbocycles. The first-order valence-electron chi connectivity index (χ1n) is 6.01. The van der Waals surface area contributed by atoms with E-state index in [-0.39, 0.29) is 5.91 Å². The molecule has 0 fully saturated rings. The molecule has 0 spiro atoms. The van der Waals surface area contributed by atoms with Crippen LogP contribution in [0.15, 0.2) is 54.9 Å². The lowest BCUT2D eigenvalue weighted by Crippen LogP contribution is -2.13. The molecule has 0 aliphatic heterocycles. The van der Waals surface area contributed by atoms with Gasteiger partial charge in [-0.2, -0.15) is 0 Å². The van der Waals surface area contributed by atoms with E-state index in [0.717, 1.165) is 10.9 Å². The van der Waals surface area contributed by atoms with E-state index >= 15 is 0 Å². The van der Waals surface area contributed by atoms with E-state index in [2.05, 4.69) is 15.3 Å². The number of fused-ring (bicyclic) bond motifs is 1. The number of nitrogens with zero attached hydrogens (tertiary/aromatic N) is 2. The highest BCUT2D eigenvalue weighted by atomic mass is 35.5. The summed E-state index contributed by atoms with van der Waals surface area (Å²) in [6.45, 7) is 0. The Kier molecular flexibility index (Phi) is 3.31. The van der Waals surface area contributed by atoms with E-state index in [0.29, 0.717) is 16.4 Å². The van der Waals surface area contributed by atoms with Crippen LogP contribution in [0, 0.1) is 0 Å². The Hall–Kier alpha value is -2.46. The SMILES string of the molecule is O=C(Nc1ccc(Cl)cn1)c1cccc2ncccc12. The van der Waals surface area contributed by atoms with Crippen LogP contribution in [-0.4, -0.2) is 15.9 Å². The molecule has 0 aliphatic rings. The molecule has 0 unspecified atom stereocenters. The van der Waals surface area contributed by atoms with Gasteiger partial charge in [0.15, 0.2) is 0 Å². The highest BCUT2D eigenvalue weighted by Crippen LogP contribution is 2.18. The number of halogens is 1. The number of carbonyl (C=O) groups excluding carboxylic acids is 1. The standard InChI is InChI=1S/C15H10ClN3O/c16-10-6-7-14(18-9-10)19-15(20)12-3-1-5-13-11(12)4-2-8-17-13/h1-9H,(H,18,19,20). The van der Waals surface area contributed by atoms with Crippen molar-refractivity contribution < 1.29 is 4.79 Å². The molecular formula is C15H10ClN3O. The van der Waals surface area contributed by atoms with Gasteiger partial charge in [-0.05, 0) is 30.3 Å². The maximum atomic E-state index is 12.3. The summed E-state index contributed by atoms with van der Waals surface area (Å²) in [5, 5.41) is 4.07. The summed E-state index contributed by atoms with van der Waals surface area (Å²) < 4.78 is 0. The van der Waals surface area contributed by atoms with Crippen molar-refractivity contribution in [1.29, 1.82) is 0 Å². The molecule has 1 amide bonds. The second-order valence-electron chi connectivity index (χ2n) is 4.19. The molecule has 1 N–H and O–H groups in total. The van der Waals surface area contributed by atoms with E-state index in [1.165, 1.54) is 6.20 Å². The normalized spacial score (nSPS) is 10.4. The summed E-state index contributed by atoms with van der Waals surface area (Å²) in [4.78, 5) is 20.6. The summed E-state index contributed by atoms with van der Waals surface area (Å²) in [6, 6.07) is 12.4. The molecule has 0 saturated carbocycles. The maximum Gasteiger partial charge on any atom is 0.257 e. The van der Waals surface area contributed by atoms with Gasteiger partial charge in [-0.3, -0.25) is 9.78 Å². The fraction of sp³-hybridized carbons (Fsp3) is 0. The summed E-state index contributed by atoms with van der Waals surface area (Å²) in [5.74, 6) is 0.235. The molecule has 1 aromatic carbocycles. The van der Waals surface area contributed by atoms with Crippen molar-refractivity contribution >= 4 is 34.2 Å². The fourth-order valence-electron chi connectivity index (χ4n) is 1.93. The number of benzene rings is 1. The summed E-state index contributed by atoms with van der Waals surface area (Å²) in [7, 11) is 0. The van der Waals surface area contributed by atoms with Gasteiger partial charge in [0.1, 0.15) is 5.82 Å². The number of amides is 1. The van der Waals surface area contributed by atoms with Crippen LogP contribution in [0.5, 0.6) is 0 Å². The Morgan fingerprint density at radius 2 is 1.95 bits per heavy atom. The Labute approximate surface area is 120 Å². The first kappa shape index (κ1) is 12.6. The minimum Gasteiger partial charge on any atom is -0.307 e. The van der Waals surface area contributed by atoms with Crippen molar-refractivity contribution in [1.82, 2.24) is 9.97 Å². The van der Waals surface area contributed by atoms with Gasteiger partial charge >= 0.3 is 0 Å². The number of hydrogen-bond acceptors (Lipinski definition) is 3. The van der Waals surface area contributed by atoms with Crippen LogP contribution in [0.4, 0.5) is 5.82 Å². The molecule has 98 valence electrons. The van der Waals surface area contributed by atoms with E-state index in [1.54, 1.807) is 36.5 Å². The molecular weight excluding hydrogens is 274 g/mol. The quantitative estimate of drug-likeness (QED) is 0.783. The Balaban J connectivity index is 1.94. The molecule has 0 bridgehead atoms. The predicted molar refractivity (Wildman–Crippen MR) is 78.9 cm³/mol. The van der Waals surface area contributed by atoms with Gasteiger partial charge in [0.05, 0.1) is 10.5 Å². The zero-order chi connectivity index (χ0) is 13.9. The van der Waals surface area contributed by atoms with Gasteiger partial charge < -0.3 is 5.32 Å². The van der Waals surface area contributed by atoms with Gasteiger partial charge in [-0.1, -0.05) is 23.7 Å².